The molecule has 0 aliphatic carbocycles. The van der Waals surface area contributed by atoms with Crippen molar-refractivity contribution in [1.82, 2.24) is 0 Å². The third kappa shape index (κ3) is 2.30. The third-order valence-electron chi connectivity index (χ3n) is 3.05. The van der Waals surface area contributed by atoms with E-state index in [0.29, 0.717) is 0 Å². The molecule has 1 heterocycles. The molecule has 0 amide bonds. The number of hydrogen-bond acceptors (Lipinski definition) is 4. The van der Waals surface area contributed by atoms with Crippen molar-refractivity contribution in [2.75, 3.05) is 6.61 Å². The van der Waals surface area contributed by atoms with E-state index >= 15 is 0 Å². The van der Waals surface area contributed by atoms with Gasteiger partial charge in [0.1, 0.15) is 12.7 Å². The van der Waals surface area contributed by atoms with Crippen molar-refractivity contribution in [2.45, 2.75) is 31.8 Å². The summed E-state index contributed by atoms with van der Waals surface area (Å²) < 4.78 is 11.2. The van der Waals surface area contributed by atoms with Crippen LogP contribution in [-0.2, 0) is 15.3 Å². The highest BCUT2D eigenvalue weighted by Gasteiger charge is 2.44. The first-order valence-corrected chi connectivity index (χ1v) is 5.54. The third-order valence-corrected chi connectivity index (χ3v) is 3.05. The van der Waals surface area contributed by atoms with E-state index in [1.807, 2.05) is 30.3 Å². The molecular weight excluding hydrogens is 222 g/mol. The normalized spacial score (nSPS) is 33.3. The van der Waals surface area contributed by atoms with Gasteiger partial charge in [0.25, 0.3) is 6.04 Å². The van der Waals surface area contributed by atoms with Crippen LogP contribution in [0.4, 0.5) is 0 Å². The molecule has 1 aliphatic rings. The van der Waals surface area contributed by atoms with Crippen molar-refractivity contribution in [3.63, 3.8) is 0 Å². The Bertz CT molecular complexity index is 408. The number of ether oxygens (including phenoxy) is 2. The smallest absolute Gasteiger partial charge is 0.261 e. The zero-order valence-electron chi connectivity index (χ0n) is 9.83. The second kappa shape index (κ2) is 4.43. The molecule has 1 aliphatic heterocycles. The molecule has 0 N–H and O–H groups in total. The van der Waals surface area contributed by atoms with Crippen LogP contribution in [0.15, 0.2) is 30.3 Å². The fourth-order valence-electron chi connectivity index (χ4n) is 1.97. The van der Waals surface area contributed by atoms with E-state index in [1.54, 1.807) is 13.8 Å². The number of nitrogens with zero attached hydrogens (tertiary/aromatic N) is 1. The molecule has 3 unspecified atom stereocenters. The highest BCUT2D eigenvalue weighted by atomic mass is 16.7. The molecule has 2 rings (SSSR count). The molecule has 1 aromatic carbocycles. The summed E-state index contributed by atoms with van der Waals surface area (Å²) in [6.07, 6.45) is -0.469. The van der Waals surface area contributed by atoms with Crippen LogP contribution in [-0.4, -0.2) is 23.7 Å². The minimum absolute atomic E-state index is 0.0690. The molecule has 5 nitrogen and oxygen atoms in total. The lowest BCUT2D eigenvalue weighted by Crippen LogP contribution is -2.50. The van der Waals surface area contributed by atoms with Gasteiger partial charge < -0.3 is 9.47 Å². The number of benzene rings is 1. The van der Waals surface area contributed by atoms with Gasteiger partial charge in [0.15, 0.2) is 5.79 Å². The maximum atomic E-state index is 10.8. The maximum absolute atomic E-state index is 10.8. The molecule has 1 fully saturated rings. The Kier molecular flexibility index (Phi) is 3.13. The Balaban J connectivity index is 2.18. The number of hydrogen-bond donors (Lipinski definition) is 0. The molecule has 0 aromatic heterocycles. The summed E-state index contributed by atoms with van der Waals surface area (Å²) in [7, 11) is 0. The van der Waals surface area contributed by atoms with Crippen LogP contribution in [0.2, 0.25) is 0 Å². The second-order valence-electron chi connectivity index (χ2n) is 4.30. The molecule has 0 radical (unpaired) electrons. The predicted octanol–water partition coefficient (Wildman–Crippen LogP) is 1.94. The summed E-state index contributed by atoms with van der Waals surface area (Å²) >= 11 is 0. The van der Waals surface area contributed by atoms with E-state index in [1.165, 1.54) is 0 Å². The van der Waals surface area contributed by atoms with Gasteiger partial charge in [0.05, 0.1) is 0 Å². The molecule has 0 bridgehead atoms. The zero-order valence-corrected chi connectivity index (χ0v) is 9.83. The molecule has 0 spiro atoms. The summed E-state index contributed by atoms with van der Waals surface area (Å²) in [6, 6.07) is 8.65. The molecule has 3 atom stereocenters. The van der Waals surface area contributed by atoms with Gasteiger partial charge in [-0.15, -0.1) is 0 Å². The van der Waals surface area contributed by atoms with Crippen molar-refractivity contribution < 1.29 is 14.4 Å². The van der Waals surface area contributed by atoms with Gasteiger partial charge in [-0.1, -0.05) is 30.3 Å². The molecular formula is C12H15NO4. The minimum atomic E-state index is -0.896. The number of rotatable bonds is 2. The van der Waals surface area contributed by atoms with E-state index in [0.717, 1.165) is 5.56 Å². The summed E-state index contributed by atoms with van der Waals surface area (Å²) in [4.78, 5) is 10.4. The van der Waals surface area contributed by atoms with Crippen LogP contribution in [0.1, 0.15) is 19.4 Å². The molecule has 92 valence electrons. The first-order chi connectivity index (χ1) is 8.03. The summed E-state index contributed by atoms with van der Waals surface area (Å²) in [5, 5.41) is 10.8. The van der Waals surface area contributed by atoms with E-state index in [2.05, 4.69) is 0 Å². The highest BCUT2D eigenvalue weighted by molar-refractivity contribution is 5.20. The molecule has 1 aromatic rings. The van der Waals surface area contributed by atoms with Crippen molar-refractivity contribution >= 4 is 0 Å². The molecule has 17 heavy (non-hydrogen) atoms. The van der Waals surface area contributed by atoms with Crippen LogP contribution in [0, 0.1) is 10.1 Å². The first kappa shape index (κ1) is 12.0. The van der Waals surface area contributed by atoms with E-state index in [9.17, 15) is 10.1 Å². The van der Waals surface area contributed by atoms with Crippen molar-refractivity contribution in [3.8, 4) is 0 Å². The van der Waals surface area contributed by atoms with E-state index < -0.39 is 17.9 Å². The van der Waals surface area contributed by atoms with Gasteiger partial charge >= 0.3 is 0 Å². The number of nitro groups is 1. The maximum Gasteiger partial charge on any atom is 0.261 e. The van der Waals surface area contributed by atoms with Crippen molar-refractivity contribution in [2.24, 2.45) is 0 Å². The summed E-state index contributed by atoms with van der Waals surface area (Å²) in [5.41, 5.74) is 0.869. The Morgan fingerprint density at radius 3 is 2.59 bits per heavy atom. The predicted molar refractivity (Wildman–Crippen MR) is 61.1 cm³/mol. The van der Waals surface area contributed by atoms with Crippen LogP contribution < -0.4 is 0 Å². The van der Waals surface area contributed by atoms with Crippen LogP contribution in [0.25, 0.3) is 0 Å². The SMILES string of the molecule is CC1OC(C)(c2ccccc2)OCC1[N+](=O)[O-]. The highest BCUT2D eigenvalue weighted by Crippen LogP contribution is 2.33. The Labute approximate surface area is 99.5 Å². The monoisotopic (exact) mass is 237 g/mol. The average Bonchev–Trinajstić information content (AvgIpc) is 2.29. The lowest BCUT2D eigenvalue weighted by Gasteiger charge is -2.38. The van der Waals surface area contributed by atoms with Crippen LogP contribution >= 0.6 is 0 Å². The zero-order chi connectivity index (χ0) is 12.5. The summed E-state index contributed by atoms with van der Waals surface area (Å²) in [6.45, 7) is 3.56. The standard InChI is InChI=1S/C12H15NO4/c1-9-11(13(14)15)8-16-12(2,17-9)10-6-4-3-5-7-10/h3-7,9,11H,8H2,1-2H3. The topological polar surface area (TPSA) is 61.6 Å². The van der Waals surface area contributed by atoms with Gasteiger partial charge in [-0.2, -0.15) is 0 Å². The average molecular weight is 237 g/mol. The van der Waals surface area contributed by atoms with E-state index in [4.69, 9.17) is 9.47 Å². The van der Waals surface area contributed by atoms with Gasteiger partial charge in [-0.3, -0.25) is 10.1 Å². The van der Waals surface area contributed by atoms with Gasteiger partial charge in [0, 0.05) is 10.5 Å². The Hall–Kier alpha value is -1.46. The van der Waals surface area contributed by atoms with Crippen LogP contribution in [0.5, 0.6) is 0 Å². The Morgan fingerprint density at radius 1 is 1.41 bits per heavy atom. The molecule has 5 heteroatoms. The first-order valence-electron chi connectivity index (χ1n) is 5.54. The van der Waals surface area contributed by atoms with E-state index in [-0.39, 0.29) is 11.5 Å². The van der Waals surface area contributed by atoms with Gasteiger partial charge in [-0.05, 0) is 13.8 Å². The summed E-state index contributed by atoms with van der Waals surface area (Å²) in [5.74, 6) is -0.896. The lowest BCUT2D eigenvalue weighted by atomic mass is 10.0. The Morgan fingerprint density at radius 2 is 2.06 bits per heavy atom. The minimum Gasteiger partial charge on any atom is -0.339 e. The van der Waals surface area contributed by atoms with Gasteiger partial charge in [0.2, 0.25) is 0 Å². The molecule has 1 saturated heterocycles. The van der Waals surface area contributed by atoms with Crippen molar-refractivity contribution in [1.29, 1.82) is 0 Å². The second-order valence-corrected chi connectivity index (χ2v) is 4.30. The van der Waals surface area contributed by atoms with Gasteiger partial charge in [-0.25, -0.2) is 0 Å². The lowest BCUT2D eigenvalue weighted by molar-refractivity contribution is -0.561. The van der Waals surface area contributed by atoms with Crippen molar-refractivity contribution in [3.05, 3.63) is 46.0 Å². The molecule has 0 saturated carbocycles. The fraction of sp³-hybridized carbons (Fsp3) is 0.500. The largest absolute Gasteiger partial charge is 0.339 e. The quantitative estimate of drug-likeness (QED) is 0.582. The fourth-order valence-corrected chi connectivity index (χ4v) is 1.97. The van der Waals surface area contributed by atoms with Crippen LogP contribution in [0.3, 0.4) is 0 Å².